The molecule has 2 N–H and O–H groups in total. The van der Waals surface area contributed by atoms with Gasteiger partial charge in [-0.3, -0.25) is 4.79 Å². The Morgan fingerprint density at radius 3 is 2.25 bits per heavy atom. The lowest BCUT2D eigenvalue weighted by atomic mass is 9.78. The predicted molar refractivity (Wildman–Crippen MR) is 132 cm³/mol. The Kier molecular flexibility index (Phi) is 5.66. The van der Waals surface area contributed by atoms with Crippen molar-refractivity contribution in [1.82, 2.24) is 0 Å². The average molecular weight is 443 g/mol. The third-order valence-corrected chi connectivity index (χ3v) is 7.09. The molecule has 2 aliphatic rings. The summed E-state index contributed by atoms with van der Waals surface area (Å²) in [7, 11) is 1.67. The van der Waals surface area contributed by atoms with E-state index in [-0.39, 0.29) is 17.7 Å². The molecule has 5 rings (SSSR count). The number of ether oxygens (including phenoxy) is 1. The number of hydrogen-bond donors (Lipinski definition) is 2. The van der Waals surface area contributed by atoms with Gasteiger partial charge in [0.1, 0.15) is 5.75 Å². The van der Waals surface area contributed by atoms with E-state index in [1.807, 2.05) is 24.3 Å². The summed E-state index contributed by atoms with van der Waals surface area (Å²) in [6.45, 7) is 0. The number of thioether (sulfide) groups is 1. The largest absolute Gasteiger partial charge is 0.497 e. The van der Waals surface area contributed by atoms with Crippen LogP contribution in [0.15, 0.2) is 89.0 Å². The molecule has 0 amide bonds. The summed E-state index contributed by atoms with van der Waals surface area (Å²) in [5, 5.41) is 7.25. The quantitative estimate of drug-likeness (QED) is 0.458. The Morgan fingerprint density at radius 2 is 1.56 bits per heavy atom. The monoisotopic (exact) mass is 442 g/mol. The number of Topliss-reactive ketones (excluding diaryl/α,β-unsaturated/α-hetero) is 1. The Morgan fingerprint density at radius 1 is 0.875 bits per heavy atom. The number of fused-ring (bicyclic) bond motifs is 1. The van der Waals surface area contributed by atoms with Gasteiger partial charge in [-0.2, -0.15) is 0 Å². The predicted octanol–water partition coefficient (Wildman–Crippen LogP) is 6.40. The highest BCUT2D eigenvalue weighted by atomic mass is 32.2. The number of para-hydroxylation sites is 2. The lowest BCUT2D eigenvalue weighted by Crippen LogP contribution is -2.26. The number of anilines is 2. The van der Waals surface area contributed by atoms with E-state index in [1.165, 1.54) is 10.5 Å². The highest BCUT2D eigenvalue weighted by Gasteiger charge is 2.36. The minimum absolute atomic E-state index is 0.143. The Labute approximate surface area is 193 Å². The number of hydrogen-bond acceptors (Lipinski definition) is 5. The van der Waals surface area contributed by atoms with Gasteiger partial charge in [0, 0.05) is 22.6 Å². The maximum absolute atomic E-state index is 13.6. The van der Waals surface area contributed by atoms with E-state index in [2.05, 4.69) is 65.4 Å². The van der Waals surface area contributed by atoms with Gasteiger partial charge in [-0.1, -0.05) is 36.4 Å². The van der Waals surface area contributed by atoms with Crippen LogP contribution in [0.3, 0.4) is 0 Å². The molecule has 162 valence electrons. The van der Waals surface area contributed by atoms with E-state index in [4.69, 9.17) is 4.74 Å². The van der Waals surface area contributed by atoms with Crippen molar-refractivity contribution in [2.45, 2.75) is 29.7 Å². The second-order valence-corrected chi connectivity index (χ2v) is 9.09. The Balaban J connectivity index is 1.56. The van der Waals surface area contributed by atoms with Crippen molar-refractivity contribution in [3.05, 3.63) is 95.2 Å². The number of carbonyl (C=O) groups is 1. The standard InChI is InChI=1S/C27H26N2O2S/c1-31-20-11-7-17(8-12-20)19-15-24-26(25(30)16-19)27(18-9-13-21(32-2)14-10-18)29-23-6-4-3-5-22(23)28-24/h3-14,19,27-29H,15-16H2,1-2H3/t19-,27+/m1/s1. The van der Waals surface area contributed by atoms with Gasteiger partial charge in [-0.25, -0.2) is 0 Å². The number of benzene rings is 3. The van der Waals surface area contributed by atoms with Crippen molar-refractivity contribution in [2.75, 3.05) is 24.0 Å². The van der Waals surface area contributed by atoms with Crippen LogP contribution in [0.5, 0.6) is 5.75 Å². The first-order chi connectivity index (χ1) is 15.7. The van der Waals surface area contributed by atoms with Crippen molar-refractivity contribution in [1.29, 1.82) is 0 Å². The minimum Gasteiger partial charge on any atom is -0.497 e. The van der Waals surface area contributed by atoms with E-state index in [0.29, 0.717) is 6.42 Å². The van der Waals surface area contributed by atoms with Gasteiger partial charge in [-0.15, -0.1) is 11.8 Å². The first-order valence-electron chi connectivity index (χ1n) is 10.8. The molecule has 0 saturated heterocycles. The first-order valence-corrected chi connectivity index (χ1v) is 12.1. The fourth-order valence-electron chi connectivity index (χ4n) is 4.65. The van der Waals surface area contributed by atoms with Crippen molar-refractivity contribution >= 4 is 28.9 Å². The molecule has 4 nitrogen and oxygen atoms in total. The van der Waals surface area contributed by atoms with Crippen LogP contribution < -0.4 is 15.4 Å². The molecule has 3 aromatic carbocycles. The van der Waals surface area contributed by atoms with Gasteiger partial charge in [0.15, 0.2) is 5.78 Å². The number of methoxy groups -OCH3 is 1. The molecule has 3 aromatic rings. The minimum atomic E-state index is -0.179. The summed E-state index contributed by atoms with van der Waals surface area (Å²) >= 11 is 1.72. The van der Waals surface area contributed by atoms with Crippen molar-refractivity contribution in [3.63, 3.8) is 0 Å². The van der Waals surface area contributed by atoms with Crippen molar-refractivity contribution in [2.24, 2.45) is 0 Å². The third kappa shape index (κ3) is 3.89. The van der Waals surface area contributed by atoms with Gasteiger partial charge in [0.2, 0.25) is 0 Å². The molecule has 0 aromatic heterocycles. The molecule has 1 heterocycles. The SMILES string of the molecule is COc1ccc([C@H]2CC(=O)C3=C(C2)Nc2ccccc2N[C@H]3c2ccc(SC)cc2)cc1. The van der Waals surface area contributed by atoms with Gasteiger partial charge in [-0.05, 0) is 66.1 Å². The lowest BCUT2D eigenvalue weighted by molar-refractivity contribution is -0.116. The highest BCUT2D eigenvalue weighted by molar-refractivity contribution is 7.98. The van der Waals surface area contributed by atoms with E-state index < -0.39 is 0 Å². The van der Waals surface area contributed by atoms with Crippen LogP contribution >= 0.6 is 11.8 Å². The molecule has 1 aliphatic heterocycles. The van der Waals surface area contributed by atoms with Crippen LogP contribution in [0.1, 0.15) is 35.9 Å². The molecule has 0 radical (unpaired) electrons. The van der Waals surface area contributed by atoms with Gasteiger partial charge >= 0.3 is 0 Å². The zero-order valence-electron chi connectivity index (χ0n) is 18.2. The topological polar surface area (TPSA) is 50.4 Å². The summed E-state index contributed by atoms with van der Waals surface area (Å²) in [5.41, 5.74) is 6.14. The molecule has 0 fully saturated rings. The molecule has 0 spiro atoms. The van der Waals surface area contributed by atoms with Gasteiger partial charge < -0.3 is 15.4 Å². The summed E-state index contributed by atoms with van der Waals surface area (Å²) in [4.78, 5) is 14.8. The summed E-state index contributed by atoms with van der Waals surface area (Å²) in [6.07, 6.45) is 3.37. The fourth-order valence-corrected chi connectivity index (χ4v) is 5.06. The maximum Gasteiger partial charge on any atom is 0.163 e. The summed E-state index contributed by atoms with van der Waals surface area (Å²) in [6, 6.07) is 24.6. The van der Waals surface area contributed by atoms with Crippen molar-refractivity contribution < 1.29 is 9.53 Å². The second-order valence-electron chi connectivity index (χ2n) is 8.21. The van der Waals surface area contributed by atoms with Crippen LogP contribution in [0.4, 0.5) is 11.4 Å². The highest BCUT2D eigenvalue weighted by Crippen LogP contribution is 2.44. The average Bonchev–Trinajstić information content (AvgIpc) is 3.01. The summed E-state index contributed by atoms with van der Waals surface area (Å²) < 4.78 is 5.30. The Bertz CT molecular complexity index is 1170. The summed E-state index contributed by atoms with van der Waals surface area (Å²) in [5.74, 6) is 1.17. The van der Waals surface area contributed by atoms with Crippen LogP contribution in [0.2, 0.25) is 0 Å². The number of rotatable bonds is 4. The first kappa shape index (κ1) is 20.7. The number of allylic oxidation sites excluding steroid dienone is 1. The van der Waals surface area contributed by atoms with Gasteiger partial charge in [0.25, 0.3) is 0 Å². The third-order valence-electron chi connectivity index (χ3n) is 6.35. The molecule has 32 heavy (non-hydrogen) atoms. The molecule has 5 heteroatoms. The van der Waals surface area contributed by atoms with E-state index in [0.717, 1.165) is 40.4 Å². The molecule has 2 atom stereocenters. The Hall–Kier alpha value is -3.18. The smallest absolute Gasteiger partial charge is 0.163 e. The van der Waals surface area contributed by atoms with Crippen molar-refractivity contribution in [3.8, 4) is 5.75 Å². The molecule has 0 saturated carbocycles. The number of nitrogens with one attached hydrogen (secondary N) is 2. The molecule has 0 bridgehead atoms. The number of carbonyl (C=O) groups excluding carboxylic acids is 1. The van der Waals surface area contributed by atoms with E-state index >= 15 is 0 Å². The van der Waals surface area contributed by atoms with Crippen LogP contribution in [-0.4, -0.2) is 19.1 Å². The lowest BCUT2D eigenvalue weighted by Gasteiger charge is -2.30. The molecular formula is C27H26N2O2S. The van der Waals surface area contributed by atoms with Crippen LogP contribution in [0.25, 0.3) is 0 Å². The van der Waals surface area contributed by atoms with E-state index in [1.54, 1.807) is 18.9 Å². The molecular weight excluding hydrogens is 416 g/mol. The van der Waals surface area contributed by atoms with Crippen LogP contribution in [-0.2, 0) is 4.79 Å². The van der Waals surface area contributed by atoms with Crippen LogP contribution in [0, 0.1) is 0 Å². The zero-order valence-corrected chi connectivity index (χ0v) is 19.0. The van der Waals surface area contributed by atoms with Gasteiger partial charge in [0.05, 0.1) is 24.5 Å². The zero-order chi connectivity index (χ0) is 22.1. The fraction of sp³-hybridized carbons (Fsp3) is 0.222. The number of ketones is 1. The second kappa shape index (κ2) is 8.75. The normalized spacial score (nSPS) is 19.9. The maximum atomic E-state index is 13.6. The van der Waals surface area contributed by atoms with E-state index in [9.17, 15) is 4.79 Å². The molecule has 1 aliphatic carbocycles. The molecule has 0 unspecified atom stereocenters.